The number of aryl methyl sites for hydroxylation is 1. The van der Waals surface area contributed by atoms with Crippen molar-refractivity contribution in [1.82, 2.24) is 4.98 Å². The van der Waals surface area contributed by atoms with E-state index >= 15 is 0 Å². The number of aromatic nitrogens is 1. The standard InChI is InChI=1S/C35H27ClF3N3O5S2/c1-15-5-4-6-17(11-15)40-24(43)14-47-23-10-9-16(36)12-18(23)25-26-19-13-20(29(26)48-31-30(25)49-34(46)41-31)28-27(19)32(44)42(33(28)45)22-8-3-2-7-21(22)35(37,38)39/h2-12,19-20,25-29H,13-14H2,1H3,(H,40,43)(H,41,46)/t19?,20?,25-,26?,27?,28?,29?/m1/s1. The van der Waals surface area contributed by atoms with Gasteiger partial charge in [0.15, 0.2) is 6.61 Å². The number of nitrogens with one attached hydrogen (secondary N) is 2. The van der Waals surface area contributed by atoms with E-state index in [1.807, 2.05) is 25.1 Å². The lowest BCUT2D eigenvalue weighted by Crippen LogP contribution is -2.42. The largest absolute Gasteiger partial charge is 0.483 e. The van der Waals surface area contributed by atoms with Crippen molar-refractivity contribution in [3.05, 3.63) is 103 Å². The van der Waals surface area contributed by atoms with Crippen LogP contribution >= 0.6 is 34.7 Å². The van der Waals surface area contributed by atoms with E-state index in [2.05, 4.69) is 10.3 Å². The van der Waals surface area contributed by atoms with Gasteiger partial charge in [-0.05, 0) is 79.1 Å². The third kappa shape index (κ3) is 5.28. The molecule has 2 saturated carbocycles. The van der Waals surface area contributed by atoms with Gasteiger partial charge in [-0.1, -0.05) is 47.2 Å². The number of imide groups is 1. The lowest BCUT2D eigenvalue weighted by Gasteiger charge is -2.43. The molecule has 1 aromatic heterocycles. The molecule has 7 atom stereocenters. The number of anilines is 2. The second-order valence-electron chi connectivity index (χ2n) is 12.9. The predicted molar refractivity (Wildman–Crippen MR) is 179 cm³/mol. The molecule has 6 unspecified atom stereocenters. The summed E-state index contributed by atoms with van der Waals surface area (Å²) >= 11 is 9.04. The normalized spacial score (nSPS) is 26.8. The highest BCUT2D eigenvalue weighted by Gasteiger charge is 2.70. The number of thiazole rings is 1. The van der Waals surface area contributed by atoms with Gasteiger partial charge in [0.05, 0.1) is 28.1 Å². The van der Waals surface area contributed by atoms with Gasteiger partial charge in [0.2, 0.25) is 11.8 Å². The SMILES string of the molecule is Cc1cccc(NC(=O)COc2ccc(Cl)cc2[C@H]2c3sc(=O)[nH]c3SC3C4CC(C5C(=O)N(c6ccccc6C(F)(F)F)C(=O)C45)C32)c1. The van der Waals surface area contributed by atoms with E-state index < -0.39 is 47.0 Å². The molecule has 3 heterocycles. The number of hydrogen-bond donors (Lipinski definition) is 2. The number of carbonyl (C=O) groups is 3. The lowest BCUT2D eigenvalue weighted by atomic mass is 9.68. The van der Waals surface area contributed by atoms with Crippen LogP contribution in [-0.4, -0.2) is 34.6 Å². The Bertz CT molecular complexity index is 2100. The van der Waals surface area contributed by atoms with Gasteiger partial charge < -0.3 is 15.0 Å². The van der Waals surface area contributed by atoms with Gasteiger partial charge in [-0.3, -0.25) is 19.2 Å². The zero-order chi connectivity index (χ0) is 34.4. The van der Waals surface area contributed by atoms with Crippen molar-refractivity contribution in [2.75, 3.05) is 16.8 Å². The van der Waals surface area contributed by atoms with E-state index in [-0.39, 0.29) is 40.4 Å². The monoisotopic (exact) mass is 725 g/mol. The second-order valence-corrected chi connectivity index (χ2v) is 15.5. The summed E-state index contributed by atoms with van der Waals surface area (Å²) in [7, 11) is 0. The van der Waals surface area contributed by atoms with Crippen molar-refractivity contribution in [3.8, 4) is 5.75 Å². The molecule has 49 heavy (non-hydrogen) atoms. The number of hydrogen-bond acceptors (Lipinski definition) is 7. The number of halogens is 4. The molecule has 3 aromatic carbocycles. The molecular formula is C35H27ClF3N3O5S2. The van der Waals surface area contributed by atoms with Crippen LogP contribution in [0.1, 0.15) is 33.9 Å². The number of benzene rings is 3. The number of aromatic amines is 1. The van der Waals surface area contributed by atoms with Crippen molar-refractivity contribution >= 4 is 63.8 Å². The molecule has 3 fully saturated rings. The zero-order valence-corrected chi connectivity index (χ0v) is 28.0. The van der Waals surface area contributed by atoms with Crippen LogP contribution in [0.25, 0.3) is 0 Å². The van der Waals surface area contributed by atoms with E-state index in [1.165, 1.54) is 30.0 Å². The minimum atomic E-state index is -4.76. The highest BCUT2D eigenvalue weighted by molar-refractivity contribution is 8.00. The number of nitrogens with zero attached hydrogens (tertiary/aromatic N) is 1. The first-order valence-electron chi connectivity index (χ1n) is 15.6. The van der Waals surface area contributed by atoms with E-state index in [0.717, 1.165) is 32.7 Å². The number of carbonyl (C=O) groups excluding carboxylic acids is 3. The Morgan fingerprint density at radius 3 is 2.53 bits per heavy atom. The van der Waals surface area contributed by atoms with Crippen LogP contribution in [-0.2, 0) is 20.6 Å². The molecule has 2 aliphatic heterocycles. The van der Waals surface area contributed by atoms with Gasteiger partial charge in [-0.15, -0.1) is 11.8 Å². The van der Waals surface area contributed by atoms with Crippen molar-refractivity contribution < 1.29 is 32.3 Å². The van der Waals surface area contributed by atoms with Crippen molar-refractivity contribution in [3.63, 3.8) is 0 Å². The van der Waals surface area contributed by atoms with E-state index in [1.54, 1.807) is 24.3 Å². The van der Waals surface area contributed by atoms with Gasteiger partial charge >= 0.3 is 11.0 Å². The highest BCUT2D eigenvalue weighted by Crippen LogP contribution is 2.69. The number of alkyl halides is 3. The maximum Gasteiger partial charge on any atom is 0.418 e. The van der Waals surface area contributed by atoms with Crippen LogP contribution in [0.5, 0.6) is 5.75 Å². The summed E-state index contributed by atoms with van der Waals surface area (Å²) in [6, 6.07) is 17.0. The zero-order valence-electron chi connectivity index (χ0n) is 25.6. The maximum atomic E-state index is 14.1. The molecule has 8 nitrogen and oxygen atoms in total. The summed E-state index contributed by atoms with van der Waals surface area (Å²) in [6.45, 7) is 1.60. The number of rotatable bonds is 6. The summed E-state index contributed by atoms with van der Waals surface area (Å²) in [4.78, 5) is 57.8. The number of ether oxygens (including phenoxy) is 1. The predicted octanol–water partition coefficient (Wildman–Crippen LogP) is 7.11. The minimum Gasteiger partial charge on any atom is -0.483 e. The van der Waals surface area contributed by atoms with Crippen LogP contribution in [0.2, 0.25) is 5.02 Å². The first-order valence-corrected chi connectivity index (χ1v) is 17.7. The summed E-state index contributed by atoms with van der Waals surface area (Å²) in [5, 5.41) is 3.64. The van der Waals surface area contributed by atoms with Crippen LogP contribution in [0.15, 0.2) is 76.6 Å². The number of amides is 3. The van der Waals surface area contributed by atoms with E-state index in [0.29, 0.717) is 33.5 Å². The Morgan fingerprint density at radius 2 is 1.78 bits per heavy atom. The van der Waals surface area contributed by atoms with Gasteiger partial charge in [-0.2, -0.15) is 13.2 Å². The summed E-state index contributed by atoms with van der Waals surface area (Å²) in [5.41, 5.74) is 0.735. The molecule has 4 aromatic rings. The number of para-hydroxylation sites is 1. The molecule has 2 bridgehead atoms. The molecular weight excluding hydrogens is 699 g/mol. The Hall–Kier alpha value is -4.07. The fraction of sp³-hybridized carbons (Fsp3) is 0.314. The highest BCUT2D eigenvalue weighted by atomic mass is 35.5. The second kappa shape index (κ2) is 11.8. The summed E-state index contributed by atoms with van der Waals surface area (Å²) in [6.07, 6.45) is -4.22. The number of thioether (sulfide) groups is 1. The Balaban J connectivity index is 1.15. The van der Waals surface area contributed by atoms with Gasteiger partial charge in [0.25, 0.3) is 5.91 Å². The van der Waals surface area contributed by atoms with Crippen LogP contribution in [0, 0.1) is 36.5 Å². The number of fused-ring (bicyclic) bond motifs is 9. The Labute approximate surface area is 291 Å². The molecule has 252 valence electrons. The van der Waals surface area contributed by atoms with E-state index in [9.17, 15) is 32.3 Å². The maximum absolute atomic E-state index is 14.1. The molecule has 2 N–H and O–H groups in total. The molecule has 8 rings (SSSR count). The smallest absolute Gasteiger partial charge is 0.418 e. The van der Waals surface area contributed by atoms with Crippen LogP contribution in [0.4, 0.5) is 24.5 Å². The molecule has 0 spiro atoms. The average molecular weight is 726 g/mol. The molecule has 14 heteroatoms. The Morgan fingerprint density at radius 1 is 1.02 bits per heavy atom. The molecule has 2 aliphatic carbocycles. The number of H-pyrrole nitrogens is 1. The molecule has 0 radical (unpaired) electrons. The first-order chi connectivity index (χ1) is 23.4. The first kappa shape index (κ1) is 32.2. The average Bonchev–Trinajstić information content (AvgIpc) is 3.78. The van der Waals surface area contributed by atoms with Crippen LogP contribution in [0.3, 0.4) is 0 Å². The molecule has 3 amide bonds. The quantitative estimate of drug-likeness (QED) is 0.205. The molecule has 4 aliphatic rings. The summed E-state index contributed by atoms with van der Waals surface area (Å²) < 4.78 is 48.2. The van der Waals surface area contributed by atoms with Gasteiger partial charge in [0.1, 0.15) is 5.75 Å². The van der Waals surface area contributed by atoms with Crippen molar-refractivity contribution in [1.29, 1.82) is 0 Å². The van der Waals surface area contributed by atoms with Crippen molar-refractivity contribution in [2.45, 2.75) is 35.7 Å². The summed E-state index contributed by atoms with van der Waals surface area (Å²) in [5.74, 6) is -4.29. The molecule has 1 saturated heterocycles. The fourth-order valence-electron chi connectivity index (χ4n) is 8.47. The third-order valence-electron chi connectivity index (χ3n) is 10.1. The van der Waals surface area contributed by atoms with Crippen LogP contribution < -0.4 is 19.8 Å². The lowest BCUT2D eigenvalue weighted by molar-refractivity contribution is -0.137. The fourth-order valence-corrected chi connectivity index (χ4v) is 11.5. The topological polar surface area (TPSA) is 109 Å². The van der Waals surface area contributed by atoms with Gasteiger partial charge in [-0.25, -0.2) is 4.90 Å². The van der Waals surface area contributed by atoms with Crippen molar-refractivity contribution in [2.24, 2.45) is 29.6 Å². The van der Waals surface area contributed by atoms with E-state index in [4.69, 9.17) is 16.3 Å². The van der Waals surface area contributed by atoms with Gasteiger partial charge in [0, 0.05) is 32.3 Å². The minimum absolute atomic E-state index is 0.222. The Kier molecular flexibility index (Phi) is 7.72. The third-order valence-corrected chi connectivity index (χ3v) is 13.0.